The smallest absolute Gasteiger partial charge is 0.251 e. The van der Waals surface area contributed by atoms with Gasteiger partial charge in [0.05, 0.1) is 7.11 Å². The van der Waals surface area contributed by atoms with Crippen LogP contribution in [0, 0.1) is 13.8 Å². The molecule has 2 rings (SSSR count). The lowest BCUT2D eigenvalue weighted by Gasteiger charge is -2.07. The van der Waals surface area contributed by atoms with Crippen molar-refractivity contribution >= 4 is 0 Å². The van der Waals surface area contributed by atoms with Gasteiger partial charge in [-0.3, -0.25) is 4.79 Å². The standard InChI is InChI=1S/C15H17NO2/c1-10-8-11(2)16-15(17)14(10)9-12-4-6-13(18-3)7-5-12/h4-8H,9H2,1-3H3,(H,16,17). The van der Waals surface area contributed by atoms with E-state index in [4.69, 9.17) is 4.74 Å². The lowest BCUT2D eigenvalue weighted by molar-refractivity contribution is 0.414. The molecule has 94 valence electrons. The first-order valence-electron chi connectivity index (χ1n) is 5.92. The largest absolute Gasteiger partial charge is 0.497 e. The van der Waals surface area contributed by atoms with Gasteiger partial charge >= 0.3 is 0 Å². The van der Waals surface area contributed by atoms with Crippen LogP contribution in [0.4, 0.5) is 0 Å². The van der Waals surface area contributed by atoms with Crippen molar-refractivity contribution in [2.75, 3.05) is 7.11 Å². The Morgan fingerprint density at radius 3 is 2.39 bits per heavy atom. The molecule has 0 radical (unpaired) electrons. The predicted molar refractivity (Wildman–Crippen MR) is 72.3 cm³/mol. The van der Waals surface area contributed by atoms with Gasteiger partial charge in [0.1, 0.15) is 5.75 Å². The monoisotopic (exact) mass is 243 g/mol. The molecule has 0 saturated carbocycles. The van der Waals surface area contributed by atoms with Gasteiger partial charge < -0.3 is 9.72 Å². The summed E-state index contributed by atoms with van der Waals surface area (Å²) >= 11 is 0. The Kier molecular flexibility index (Phi) is 3.51. The fourth-order valence-electron chi connectivity index (χ4n) is 2.05. The van der Waals surface area contributed by atoms with Crippen LogP contribution in [0.15, 0.2) is 35.1 Å². The molecule has 3 nitrogen and oxygen atoms in total. The number of hydrogen-bond acceptors (Lipinski definition) is 2. The van der Waals surface area contributed by atoms with Crippen molar-refractivity contribution in [2.24, 2.45) is 0 Å². The van der Waals surface area contributed by atoms with Gasteiger partial charge in [-0.1, -0.05) is 12.1 Å². The number of aryl methyl sites for hydroxylation is 2. The van der Waals surface area contributed by atoms with E-state index in [-0.39, 0.29) is 5.56 Å². The summed E-state index contributed by atoms with van der Waals surface area (Å²) in [7, 11) is 1.64. The molecule has 3 heteroatoms. The highest BCUT2D eigenvalue weighted by molar-refractivity contribution is 5.34. The van der Waals surface area contributed by atoms with Crippen molar-refractivity contribution in [3.05, 3.63) is 63.1 Å². The third kappa shape index (κ3) is 2.62. The van der Waals surface area contributed by atoms with Crippen molar-refractivity contribution in [1.29, 1.82) is 0 Å². The van der Waals surface area contributed by atoms with E-state index in [9.17, 15) is 4.79 Å². The van der Waals surface area contributed by atoms with Gasteiger partial charge in [0.15, 0.2) is 0 Å². The zero-order valence-corrected chi connectivity index (χ0v) is 10.9. The summed E-state index contributed by atoms with van der Waals surface area (Å²) in [5.74, 6) is 0.827. The molecule has 0 spiro atoms. The van der Waals surface area contributed by atoms with E-state index in [0.717, 1.165) is 28.1 Å². The van der Waals surface area contributed by atoms with E-state index >= 15 is 0 Å². The molecule has 1 aromatic carbocycles. The topological polar surface area (TPSA) is 42.1 Å². The number of H-pyrrole nitrogens is 1. The first-order valence-corrected chi connectivity index (χ1v) is 5.92. The van der Waals surface area contributed by atoms with Crippen LogP contribution >= 0.6 is 0 Å². The number of pyridine rings is 1. The molecule has 2 aromatic rings. The van der Waals surface area contributed by atoms with E-state index in [1.165, 1.54) is 0 Å². The number of rotatable bonds is 3. The Morgan fingerprint density at radius 2 is 1.83 bits per heavy atom. The lowest BCUT2D eigenvalue weighted by Crippen LogP contribution is -2.15. The van der Waals surface area contributed by atoms with E-state index in [0.29, 0.717) is 6.42 Å². The summed E-state index contributed by atoms with van der Waals surface area (Å²) < 4.78 is 5.11. The molecule has 1 aromatic heterocycles. The number of hydrogen-bond donors (Lipinski definition) is 1. The highest BCUT2D eigenvalue weighted by Crippen LogP contribution is 2.15. The number of benzene rings is 1. The summed E-state index contributed by atoms with van der Waals surface area (Å²) in [5.41, 5.74) is 3.87. The SMILES string of the molecule is COc1ccc(Cc2c(C)cc(C)[nH]c2=O)cc1. The first-order chi connectivity index (χ1) is 8.60. The molecule has 0 aliphatic rings. The Bertz CT molecular complexity index is 597. The van der Waals surface area contributed by atoms with Gasteiger partial charge in [-0.15, -0.1) is 0 Å². The van der Waals surface area contributed by atoms with Crippen molar-refractivity contribution in [3.63, 3.8) is 0 Å². The highest BCUT2D eigenvalue weighted by Gasteiger charge is 2.06. The summed E-state index contributed by atoms with van der Waals surface area (Å²) in [5, 5.41) is 0. The van der Waals surface area contributed by atoms with E-state index in [2.05, 4.69) is 4.98 Å². The molecular formula is C15H17NO2. The molecule has 1 heterocycles. The highest BCUT2D eigenvalue weighted by atomic mass is 16.5. The first kappa shape index (κ1) is 12.4. The molecule has 0 atom stereocenters. The average molecular weight is 243 g/mol. The fraction of sp³-hybridized carbons (Fsp3) is 0.267. The number of ether oxygens (including phenoxy) is 1. The Balaban J connectivity index is 2.31. The minimum atomic E-state index is 0.00307. The molecule has 0 fully saturated rings. The normalized spacial score (nSPS) is 10.4. The summed E-state index contributed by atoms with van der Waals surface area (Å²) in [4.78, 5) is 14.8. The van der Waals surface area contributed by atoms with Crippen LogP contribution < -0.4 is 10.3 Å². The maximum atomic E-state index is 11.9. The van der Waals surface area contributed by atoms with Crippen LogP contribution in [0.25, 0.3) is 0 Å². The molecule has 0 unspecified atom stereocenters. The van der Waals surface area contributed by atoms with Crippen molar-refractivity contribution in [1.82, 2.24) is 4.98 Å². The summed E-state index contributed by atoms with van der Waals surface area (Å²) in [6, 6.07) is 9.79. The molecule has 1 N–H and O–H groups in total. The van der Waals surface area contributed by atoms with Gasteiger partial charge in [0, 0.05) is 17.7 Å². The molecule has 0 aliphatic heterocycles. The van der Waals surface area contributed by atoms with Crippen molar-refractivity contribution in [2.45, 2.75) is 20.3 Å². The lowest BCUT2D eigenvalue weighted by atomic mass is 10.0. The third-order valence-electron chi connectivity index (χ3n) is 3.03. The Hall–Kier alpha value is -2.03. The second kappa shape index (κ2) is 5.08. The van der Waals surface area contributed by atoms with Gasteiger partial charge in [0.2, 0.25) is 0 Å². The van der Waals surface area contributed by atoms with Crippen molar-refractivity contribution in [3.8, 4) is 5.75 Å². The molecular weight excluding hydrogens is 226 g/mol. The van der Waals surface area contributed by atoms with E-state index in [1.807, 2.05) is 44.2 Å². The van der Waals surface area contributed by atoms with Crippen LogP contribution in [0.5, 0.6) is 5.75 Å². The van der Waals surface area contributed by atoms with Crippen LogP contribution in [-0.4, -0.2) is 12.1 Å². The summed E-state index contributed by atoms with van der Waals surface area (Å²) in [6.45, 7) is 3.87. The molecule has 0 saturated heterocycles. The number of aromatic nitrogens is 1. The van der Waals surface area contributed by atoms with Gasteiger partial charge in [-0.2, -0.15) is 0 Å². The maximum absolute atomic E-state index is 11.9. The second-order valence-corrected chi connectivity index (χ2v) is 4.47. The molecule has 18 heavy (non-hydrogen) atoms. The molecule has 0 amide bonds. The zero-order valence-electron chi connectivity index (χ0n) is 10.9. The van der Waals surface area contributed by atoms with Gasteiger partial charge in [-0.05, 0) is 43.2 Å². The van der Waals surface area contributed by atoms with E-state index < -0.39 is 0 Å². The van der Waals surface area contributed by atoms with Crippen molar-refractivity contribution < 1.29 is 4.74 Å². The van der Waals surface area contributed by atoms with Gasteiger partial charge in [0.25, 0.3) is 5.56 Å². The van der Waals surface area contributed by atoms with Crippen LogP contribution in [-0.2, 0) is 6.42 Å². The van der Waals surface area contributed by atoms with Gasteiger partial charge in [-0.25, -0.2) is 0 Å². The van der Waals surface area contributed by atoms with Crippen LogP contribution in [0.2, 0.25) is 0 Å². The quantitative estimate of drug-likeness (QED) is 0.900. The molecule has 0 bridgehead atoms. The number of nitrogens with one attached hydrogen (secondary N) is 1. The fourth-order valence-corrected chi connectivity index (χ4v) is 2.05. The Morgan fingerprint density at radius 1 is 1.17 bits per heavy atom. The predicted octanol–water partition coefficient (Wildman–Crippen LogP) is 2.59. The second-order valence-electron chi connectivity index (χ2n) is 4.47. The van der Waals surface area contributed by atoms with E-state index in [1.54, 1.807) is 7.11 Å². The maximum Gasteiger partial charge on any atom is 0.251 e. The average Bonchev–Trinajstić information content (AvgIpc) is 2.34. The molecule has 0 aliphatic carbocycles. The van der Waals surface area contributed by atoms with Crippen LogP contribution in [0.1, 0.15) is 22.4 Å². The Labute approximate surface area is 106 Å². The number of aromatic amines is 1. The van der Waals surface area contributed by atoms with Crippen LogP contribution in [0.3, 0.4) is 0 Å². The summed E-state index contributed by atoms with van der Waals surface area (Å²) in [6.07, 6.45) is 0.644. The minimum Gasteiger partial charge on any atom is -0.497 e. The number of methoxy groups -OCH3 is 1. The minimum absolute atomic E-state index is 0.00307. The zero-order chi connectivity index (χ0) is 13.1. The third-order valence-corrected chi connectivity index (χ3v) is 3.03.